The van der Waals surface area contributed by atoms with Crippen molar-refractivity contribution in [2.75, 3.05) is 7.05 Å². The largest absolute Gasteiger partial charge is 0.438 e. The lowest BCUT2D eigenvalue weighted by atomic mass is 10.1. The number of sulfonamides is 1. The minimum atomic E-state index is -3.72. The number of hydrogen-bond donors (Lipinski definition) is 2. The minimum absolute atomic E-state index is 0.0626. The molecular weight excluding hydrogens is 404 g/mol. The molecule has 30 heavy (non-hydrogen) atoms. The Hall–Kier alpha value is -3.43. The predicted octanol–water partition coefficient (Wildman–Crippen LogP) is 2.52. The van der Waals surface area contributed by atoms with Gasteiger partial charge in [-0.3, -0.25) is 4.79 Å². The zero-order valence-corrected chi connectivity index (χ0v) is 17.0. The van der Waals surface area contributed by atoms with Crippen molar-refractivity contribution < 1.29 is 17.6 Å². The number of amides is 1. The van der Waals surface area contributed by atoms with Crippen LogP contribution in [0.25, 0.3) is 11.0 Å². The highest BCUT2D eigenvalue weighted by atomic mass is 32.2. The molecule has 4 aromatic rings. The topological polar surface area (TPSA) is 106 Å². The van der Waals surface area contributed by atoms with E-state index >= 15 is 0 Å². The van der Waals surface area contributed by atoms with Crippen molar-refractivity contribution in [1.82, 2.24) is 19.6 Å². The number of fused-ring (bicyclic) bond motifs is 1. The zero-order valence-electron chi connectivity index (χ0n) is 16.2. The SMILES string of the molecule is CNS(=O)(=O)c1ccc(C(=O)NCc2ccc(Cn3cnc4ccccc43)cc2)o1. The predicted molar refractivity (Wildman–Crippen MR) is 111 cm³/mol. The lowest BCUT2D eigenvalue weighted by molar-refractivity contribution is 0.0918. The Labute approximate surface area is 173 Å². The average molecular weight is 424 g/mol. The second-order valence-corrected chi connectivity index (χ2v) is 8.50. The molecule has 2 N–H and O–H groups in total. The second-order valence-electron chi connectivity index (χ2n) is 6.69. The number of rotatable bonds is 7. The summed E-state index contributed by atoms with van der Waals surface area (Å²) < 4.78 is 32.7. The maximum atomic E-state index is 12.2. The van der Waals surface area contributed by atoms with Crippen LogP contribution in [0.5, 0.6) is 0 Å². The number of carbonyl (C=O) groups excluding carboxylic acids is 1. The summed E-state index contributed by atoms with van der Waals surface area (Å²) in [4.78, 5) is 16.6. The molecule has 0 aliphatic carbocycles. The Morgan fingerprint density at radius 2 is 1.77 bits per heavy atom. The van der Waals surface area contributed by atoms with Crippen LogP contribution >= 0.6 is 0 Å². The van der Waals surface area contributed by atoms with Gasteiger partial charge in [0.05, 0.1) is 17.4 Å². The fourth-order valence-corrected chi connectivity index (χ4v) is 3.70. The van der Waals surface area contributed by atoms with Crippen molar-refractivity contribution in [2.45, 2.75) is 18.2 Å². The first-order chi connectivity index (χ1) is 14.5. The molecule has 4 rings (SSSR count). The highest BCUT2D eigenvalue weighted by Crippen LogP contribution is 2.15. The Balaban J connectivity index is 1.37. The third-order valence-electron chi connectivity index (χ3n) is 4.70. The molecule has 0 saturated carbocycles. The first-order valence-corrected chi connectivity index (χ1v) is 10.7. The van der Waals surface area contributed by atoms with Gasteiger partial charge in [-0.2, -0.15) is 0 Å². The van der Waals surface area contributed by atoms with Gasteiger partial charge < -0.3 is 14.3 Å². The molecule has 8 nitrogen and oxygen atoms in total. The number of nitrogens with one attached hydrogen (secondary N) is 2. The van der Waals surface area contributed by atoms with Crippen LogP contribution in [0.2, 0.25) is 0 Å². The van der Waals surface area contributed by atoms with Gasteiger partial charge in [0.15, 0.2) is 5.76 Å². The van der Waals surface area contributed by atoms with E-state index in [1.165, 1.54) is 19.2 Å². The van der Waals surface area contributed by atoms with Crippen molar-refractivity contribution in [1.29, 1.82) is 0 Å². The molecule has 1 amide bonds. The van der Waals surface area contributed by atoms with Crippen LogP contribution in [0.1, 0.15) is 21.7 Å². The molecule has 0 saturated heterocycles. The van der Waals surface area contributed by atoms with E-state index < -0.39 is 15.9 Å². The van der Waals surface area contributed by atoms with Crippen molar-refractivity contribution in [3.05, 3.63) is 83.9 Å². The van der Waals surface area contributed by atoms with Crippen molar-refractivity contribution in [3.63, 3.8) is 0 Å². The molecule has 2 heterocycles. The summed E-state index contributed by atoms with van der Waals surface area (Å²) in [5, 5.41) is 2.42. The average Bonchev–Trinajstić information content (AvgIpc) is 3.42. The maximum Gasteiger partial charge on any atom is 0.287 e. The number of imidazole rings is 1. The van der Waals surface area contributed by atoms with Gasteiger partial charge in [-0.05, 0) is 42.4 Å². The smallest absolute Gasteiger partial charge is 0.287 e. The Bertz CT molecular complexity index is 1290. The first kappa shape index (κ1) is 19.9. The Kier molecular flexibility index (Phi) is 5.39. The number of benzene rings is 2. The summed E-state index contributed by atoms with van der Waals surface area (Å²) in [6, 6.07) is 18.4. The summed E-state index contributed by atoms with van der Waals surface area (Å²) in [6.45, 7) is 0.990. The van der Waals surface area contributed by atoms with Crippen LogP contribution in [0.15, 0.2) is 76.5 Å². The van der Waals surface area contributed by atoms with E-state index in [-0.39, 0.29) is 10.9 Å². The summed E-state index contributed by atoms with van der Waals surface area (Å²) in [5.74, 6) is -0.547. The summed E-state index contributed by atoms with van der Waals surface area (Å²) in [6.07, 6.45) is 1.82. The molecule has 0 aliphatic heterocycles. The number of para-hydroxylation sites is 2. The van der Waals surface area contributed by atoms with Gasteiger partial charge in [0, 0.05) is 13.1 Å². The van der Waals surface area contributed by atoms with Gasteiger partial charge >= 0.3 is 0 Å². The lowest BCUT2D eigenvalue weighted by Crippen LogP contribution is -2.22. The highest BCUT2D eigenvalue weighted by molar-refractivity contribution is 7.89. The quantitative estimate of drug-likeness (QED) is 0.474. The van der Waals surface area contributed by atoms with Crippen LogP contribution in [0.3, 0.4) is 0 Å². The van der Waals surface area contributed by atoms with Crippen LogP contribution in [0, 0.1) is 0 Å². The molecule has 2 aromatic carbocycles. The first-order valence-electron chi connectivity index (χ1n) is 9.25. The number of furan rings is 1. The Morgan fingerprint density at radius 1 is 1.03 bits per heavy atom. The van der Waals surface area contributed by atoms with E-state index in [1.807, 2.05) is 54.9 Å². The molecule has 2 aromatic heterocycles. The van der Waals surface area contributed by atoms with Gasteiger partial charge in [0.25, 0.3) is 15.9 Å². The zero-order chi connectivity index (χ0) is 21.1. The van der Waals surface area contributed by atoms with Crippen LogP contribution in [-0.4, -0.2) is 30.9 Å². The number of nitrogens with zero attached hydrogens (tertiary/aromatic N) is 2. The van der Waals surface area contributed by atoms with Gasteiger partial charge in [-0.15, -0.1) is 0 Å². The molecule has 0 atom stereocenters. The molecule has 0 unspecified atom stereocenters. The highest BCUT2D eigenvalue weighted by Gasteiger charge is 2.19. The minimum Gasteiger partial charge on any atom is -0.438 e. The molecule has 9 heteroatoms. The number of carbonyl (C=O) groups is 1. The third-order valence-corrected chi connectivity index (χ3v) is 5.98. The van der Waals surface area contributed by atoms with Gasteiger partial charge in [0.2, 0.25) is 5.09 Å². The molecule has 154 valence electrons. The lowest BCUT2D eigenvalue weighted by Gasteiger charge is -2.07. The maximum absolute atomic E-state index is 12.2. The van der Waals surface area contributed by atoms with E-state index in [0.29, 0.717) is 13.1 Å². The van der Waals surface area contributed by atoms with Crippen molar-refractivity contribution in [3.8, 4) is 0 Å². The molecule has 0 aliphatic rings. The summed E-state index contributed by atoms with van der Waals surface area (Å²) >= 11 is 0. The molecule has 0 bridgehead atoms. The number of hydrogen-bond acceptors (Lipinski definition) is 5. The fraction of sp³-hybridized carbons (Fsp3) is 0.143. The molecule has 0 fully saturated rings. The fourth-order valence-electron chi connectivity index (χ4n) is 3.05. The van der Waals surface area contributed by atoms with Gasteiger partial charge in [0.1, 0.15) is 0 Å². The van der Waals surface area contributed by atoms with E-state index in [4.69, 9.17) is 4.42 Å². The van der Waals surface area contributed by atoms with Crippen LogP contribution in [-0.2, 0) is 23.1 Å². The van der Waals surface area contributed by atoms with E-state index in [9.17, 15) is 13.2 Å². The van der Waals surface area contributed by atoms with Gasteiger partial charge in [-0.25, -0.2) is 18.1 Å². The van der Waals surface area contributed by atoms with E-state index in [1.54, 1.807) is 0 Å². The molecule has 0 spiro atoms. The van der Waals surface area contributed by atoms with Crippen molar-refractivity contribution >= 4 is 27.0 Å². The second kappa shape index (κ2) is 8.13. The van der Waals surface area contributed by atoms with Gasteiger partial charge in [-0.1, -0.05) is 36.4 Å². The van der Waals surface area contributed by atoms with Crippen LogP contribution < -0.4 is 10.0 Å². The standard InChI is InChI=1S/C21H20N4O4S/c1-22-30(27,28)20-11-10-19(29-20)21(26)23-12-15-6-8-16(9-7-15)13-25-14-24-17-4-2-3-5-18(17)25/h2-11,14,22H,12-13H2,1H3,(H,23,26). The van der Waals surface area contributed by atoms with E-state index in [2.05, 4.69) is 19.6 Å². The number of aromatic nitrogens is 2. The molecule has 0 radical (unpaired) electrons. The summed E-state index contributed by atoms with van der Waals surface area (Å²) in [5.41, 5.74) is 4.06. The Morgan fingerprint density at radius 3 is 2.53 bits per heavy atom. The normalized spacial score (nSPS) is 11.6. The van der Waals surface area contributed by atoms with Crippen molar-refractivity contribution in [2.24, 2.45) is 0 Å². The molecular formula is C21H20N4O4S. The summed E-state index contributed by atoms with van der Waals surface area (Å²) in [7, 11) is -2.45. The van der Waals surface area contributed by atoms with Crippen LogP contribution in [0.4, 0.5) is 0 Å². The van der Waals surface area contributed by atoms with E-state index in [0.717, 1.165) is 22.2 Å². The monoisotopic (exact) mass is 424 g/mol. The third kappa shape index (κ3) is 4.12.